The number of pyridine rings is 1. The summed E-state index contributed by atoms with van der Waals surface area (Å²) in [5.41, 5.74) is 0.963. The summed E-state index contributed by atoms with van der Waals surface area (Å²) in [5.74, 6) is 1.10. The average molecular weight is 235 g/mol. The zero-order chi connectivity index (χ0) is 11.8. The summed E-state index contributed by atoms with van der Waals surface area (Å²) in [6, 6.07) is 3.23. The van der Waals surface area contributed by atoms with Crippen LogP contribution in [-0.2, 0) is 4.74 Å². The second-order valence-electron chi connectivity index (χ2n) is 4.59. The molecule has 1 aromatic heterocycles. The molecule has 6 nitrogen and oxygen atoms in total. The highest BCUT2D eigenvalue weighted by Gasteiger charge is 2.37. The van der Waals surface area contributed by atoms with Crippen molar-refractivity contribution in [2.45, 2.75) is 0 Å². The van der Waals surface area contributed by atoms with Gasteiger partial charge < -0.3 is 19.8 Å². The van der Waals surface area contributed by atoms with Gasteiger partial charge in [0.25, 0.3) is 0 Å². The normalized spacial score (nSPS) is 27.2. The minimum Gasteiger partial charge on any atom is -0.381 e. The lowest BCUT2D eigenvalue weighted by molar-refractivity contribution is -0.389. The molecule has 2 aliphatic rings. The van der Waals surface area contributed by atoms with Crippen LogP contribution < -0.4 is 4.90 Å². The molecule has 2 saturated heterocycles. The lowest BCUT2D eigenvalue weighted by Gasteiger charge is -2.17. The zero-order valence-corrected chi connectivity index (χ0v) is 9.28. The summed E-state index contributed by atoms with van der Waals surface area (Å²) in [6.45, 7) is 3.59. The number of hydrogen-bond donors (Lipinski definition) is 0. The molecular weight excluding hydrogens is 222 g/mol. The molecule has 1 aromatic rings. The first-order valence-electron chi connectivity index (χ1n) is 5.67. The molecule has 90 valence electrons. The highest BCUT2D eigenvalue weighted by atomic mass is 16.6. The van der Waals surface area contributed by atoms with Crippen LogP contribution in [0.25, 0.3) is 0 Å². The van der Waals surface area contributed by atoms with Crippen LogP contribution in [0.5, 0.6) is 0 Å². The highest BCUT2D eigenvalue weighted by Crippen LogP contribution is 2.32. The second kappa shape index (κ2) is 3.96. The average Bonchev–Trinajstić information content (AvgIpc) is 2.89. The predicted octanol–water partition coefficient (Wildman–Crippen LogP) is 1.07. The van der Waals surface area contributed by atoms with E-state index < -0.39 is 4.92 Å². The highest BCUT2D eigenvalue weighted by molar-refractivity contribution is 5.47. The molecule has 0 saturated carbocycles. The second-order valence-corrected chi connectivity index (χ2v) is 4.59. The monoisotopic (exact) mass is 235 g/mol. The summed E-state index contributed by atoms with van der Waals surface area (Å²) in [4.78, 5) is 16.1. The Morgan fingerprint density at radius 1 is 1.35 bits per heavy atom. The summed E-state index contributed by atoms with van der Waals surface area (Å²) in [6.07, 6.45) is 1.58. The maximum absolute atomic E-state index is 10.5. The number of fused-ring (bicyclic) bond motifs is 1. The Labute approximate surface area is 98.4 Å². The van der Waals surface area contributed by atoms with E-state index in [1.54, 1.807) is 12.3 Å². The van der Waals surface area contributed by atoms with E-state index in [-0.39, 0.29) is 5.82 Å². The minimum absolute atomic E-state index is 0.100. The Balaban J connectivity index is 1.75. The van der Waals surface area contributed by atoms with Crippen molar-refractivity contribution in [2.24, 2.45) is 11.8 Å². The molecule has 0 N–H and O–H groups in total. The number of aromatic nitrogens is 1. The quantitative estimate of drug-likeness (QED) is 0.566. The molecule has 0 aromatic carbocycles. The first-order chi connectivity index (χ1) is 8.24. The third kappa shape index (κ3) is 1.84. The summed E-state index contributed by atoms with van der Waals surface area (Å²) in [7, 11) is 0. The van der Waals surface area contributed by atoms with Crippen LogP contribution in [0.4, 0.5) is 11.5 Å². The van der Waals surface area contributed by atoms with Crippen molar-refractivity contribution < 1.29 is 9.66 Å². The maximum Gasteiger partial charge on any atom is 0.363 e. The van der Waals surface area contributed by atoms with E-state index in [1.807, 2.05) is 0 Å². The lowest BCUT2D eigenvalue weighted by Crippen LogP contribution is -2.22. The Hall–Kier alpha value is -1.69. The summed E-state index contributed by atoms with van der Waals surface area (Å²) >= 11 is 0. The number of anilines is 1. The number of hydrogen-bond acceptors (Lipinski definition) is 5. The van der Waals surface area contributed by atoms with Crippen molar-refractivity contribution in [3.05, 3.63) is 28.4 Å². The van der Waals surface area contributed by atoms with Crippen molar-refractivity contribution in [3.63, 3.8) is 0 Å². The topological polar surface area (TPSA) is 68.5 Å². The van der Waals surface area contributed by atoms with E-state index in [0.717, 1.165) is 32.0 Å². The van der Waals surface area contributed by atoms with Gasteiger partial charge >= 0.3 is 5.82 Å². The molecule has 0 amide bonds. The van der Waals surface area contributed by atoms with E-state index >= 15 is 0 Å². The van der Waals surface area contributed by atoms with Gasteiger partial charge in [-0.15, -0.1) is 0 Å². The van der Waals surface area contributed by atoms with E-state index in [1.165, 1.54) is 6.07 Å². The third-order valence-electron chi connectivity index (χ3n) is 3.52. The van der Waals surface area contributed by atoms with E-state index in [9.17, 15) is 10.1 Å². The zero-order valence-electron chi connectivity index (χ0n) is 9.28. The molecule has 3 rings (SSSR count). The Kier molecular flexibility index (Phi) is 2.44. The molecule has 2 unspecified atom stereocenters. The summed E-state index contributed by atoms with van der Waals surface area (Å²) in [5, 5.41) is 10.5. The fraction of sp³-hybridized carbons (Fsp3) is 0.545. The molecule has 2 atom stereocenters. The van der Waals surface area contributed by atoms with Gasteiger partial charge in [0, 0.05) is 31.0 Å². The van der Waals surface area contributed by atoms with Gasteiger partial charge in [-0.05, 0) is 16.0 Å². The Bertz CT molecular complexity index is 422. The maximum atomic E-state index is 10.5. The lowest BCUT2D eigenvalue weighted by atomic mass is 10.0. The molecule has 6 heteroatoms. The van der Waals surface area contributed by atoms with Crippen molar-refractivity contribution in [1.82, 2.24) is 4.98 Å². The number of ether oxygens (including phenoxy) is 1. The molecule has 0 bridgehead atoms. The van der Waals surface area contributed by atoms with Crippen LogP contribution in [-0.4, -0.2) is 36.2 Å². The molecular formula is C11H13N3O3. The van der Waals surface area contributed by atoms with Crippen molar-refractivity contribution >= 4 is 11.5 Å². The molecule has 0 radical (unpaired) electrons. The van der Waals surface area contributed by atoms with Gasteiger partial charge in [-0.1, -0.05) is 0 Å². The molecule has 2 fully saturated rings. The van der Waals surface area contributed by atoms with Gasteiger partial charge in [0.15, 0.2) is 6.20 Å². The summed E-state index contributed by atoms with van der Waals surface area (Å²) < 4.78 is 5.41. The van der Waals surface area contributed by atoms with Crippen molar-refractivity contribution in [2.75, 3.05) is 31.2 Å². The van der Waals surface area contributed by atoms with Gasteiger partial charge in [-0.3, -0.25) is 0 Å². The molecule has 2 aliphatic heterocycles. The van der Waals surface area contributed by atoms with Gasteiger partial charge in [0.05, 0.1) is 18.9 Å². The van der Waals surface area contributed by atoms with Crippen LogP contribution in [0.2, 0.25) is 0 Å². The van der Waals surface area contributed by atoms with Gasteiger partial charge in [0.2, 0.25) is 0 Å². The molecule has 3 heterocycles. The SMILES string of the molecule is O=[N+]([O-])c1ccc(N2CC3COCC3C2)cn1. The molecule has 17 heavy (non-hydrogen) atoms. The van der Waals surface area contributed by atoms with Gasteiger partial charge in [-0.25, -0.2) is 0 Å². The number of nitro groups is 1. The predicted molar refractivity (Wildman–Crippen MR) is 60.9 cm³/mol. The minimum atomic E-state index is -0.476. The standard InChI is InChI=1S/C11H13N3O3/c15-14(16)11-2-1-10(3-12-11)13-4-8-6-17-7-9(8)5-13/h1-3,8-9H,4-7H2. The van der Waals surface area contributed by atoms with Crippen LogP contribution in [0, 0.1) is 22.0 Å². The van der Waals surface area contributed by atoms with E-state index in [0.29, 0.717) is 11.8 Å². The fourth-order valence-electron chi connectivity index (χ4n) is 2.57. The smallest absolute Gasteiger partial charge is 0.363 e. The van der Waals surface area contributed by atoms with Crippen LogP contribution in [0.15, 0.2) is 18.3 Å². The van der Waals surface area contributed by atoms with Crippen molar-refractivity contribution in [1.29, 1.82) is 0 Å². The largest absolute Gasteiger partial charge is 0.381 e. The Morgan fingerprint density at radius 2 is 2.06 bits per heavy atom. The third-order valence-corrected chi connectivity index (χ3v) is 3.52. The Morgan fingerprint density at radius 3 is 2.59 bits per heavy atom. The van der Waals surface area contributed by atoms with E-state index in [4.69, 9.17) is 4.74 Å². The number of nitrogens with zero attached hydrogens (tertiary/aromatic N) is 3. The van der Waals surface area contributed by atoms with Crippen LogP contribution >= 0.6 is 0 Å². The van der Waals surface area contributed by atoms with Crippen molar-refractivity contribution in [3.8, 4) is 0 Å². The molecule has 0 spiro atoms. The van der Waals surface area contributed by atoms with Crippen LogP contribution in [0.3, 0.4) is 0 Å². The first-order valence-corrected chi connectivity index (χ1v) is 5.67. The molecule has 0 aliphatic carbocycles. The van der Waals surface area contributed by atoms with Gasteiger partial charge in [-0.2, -0.15) is 0 Å². The van der Waals surface area contributed by atoms with Crippen LogP contribution in [0.1, 0.15) is 0 Å². The van der Waals surface area contributed by atoms with E-state index in [2.05, 4.69) is 9.88 Å². The first kappa shape index (κ1) is 10.5. The number of rotatable bonds is 2. The fourth-order valence-corrected chi connectivity index (χ4v) is 2.57. The van der Waals surface area contributed by atoms with Gasteiger partial charge in [0.1, 0.15) is 0 Å².